The average molecular weight is 312 g/mol. The van der Waals surface area contributed by atoms with Crippen molar-refractivity contribution in [3.05, 3.63) is 28.7 Å². The lowest BCUT2D eigenvalue weighted by molar-refractivity contribution is -0.147. The lowest BCUT2D eigenvalue weighted by Gasteiger charge is -2.33. The number of esters is 1. The summed E-state index contributed by atoms with van der Waals surface area (Å²) in [5, 5.41) is 3.40. The van der Waals surface area contributed by atoms with Crippen molar-refractivity contribution in [2.24, 2.45) is 5.92 Å². The minimum atomic E-state index is -0.585. The van der Waals surface area contributed by atoms with Gasteiger partial charge in [0.25, 0.3) is 0 Å². The lowest BCUT2D eigenvalue weighted by atomic mass is 9.88. The Balaban J connectivity index is 2.32. The highest BCUT2D eigenvalue weighted by atomic mass is 79.9. The van der Waals surface area contributed by atoms with E-state index in [2.05, 4.69) is 28.2 Å². The summed E-state index contributed by atoms with van der Waals surface area (Å²) < 4.78 is 5.97. The molecule has 1 fully saturated rings. The van der Waals surface area contributed by atoms with Gasteiger partial charge in [-0.25, -0.2) is 4.79 Å². The Hall–Kier alpha value is -1.03. The maximum absolute atomic E-state index is 12.2. The second-order valence-corrected chi connectivity index (χ2v) is 5.72. The van der Waals surface area contributed by atoms with Crippen LogP contribution in [-0.4, -0.2) is 18.6 Å². The van der Waals surface area contributed by atoms with E-state index in [9.17, 15) is 4.79 Å². The fraction of sp³-hybridized carbons (Fsp3) is 0.500. The fourth-order valence-corrected chi connectivity index (χ4v) is 3.09. The van der Waals surface area contributed by atoms with Crippen LogP contribution >= 0.6 is 15.9 Å². The first kappa shape index (κ1) is 13.4. The van der Waals surface area contributed by atoms with Gasteiger partial charge in [-0.2, -0.15) is 0 Å². The van der Waals surface area contributed by atoms with Gasteiger partial charge in [0.2, 0.25) is 0 Å². The molecule has 1 aromatic rings. The molecule has 1 aliphatic rings. The Morgan fingerprint density at radius 3 is 2.78 bits per heavy atom. The number of para-hydroxylation sites is 1. The molecule has 1 saturated carbocycles. The normalized spacial score (nSPS) is 26.9. The molecule has 0 heterocycles. The number of rotatable bonds is 3. The summed E-state index contributed by atoms with van der Waals surface area (Å²) in [6.45, 7) is 2.10. The van der Waals surface area contributed by atoms with E-state index in [0.29, 0.717) is 0 Å². The van der Waals surface area contributed by atoms with Crippen LogP contribution in [-0.2, 0) is 9.53 Å². The molecule has 0 amide bonds. The summed E-state index contributed by atoms with van der Waals surface area (Å²) in [5.41, 5.74) is 0.357. The molecule has 4 heteroatoms. The van der Waals surface area contributed by atoms with Crippen molar-refractivity contribution in [3.8, 4) is 0 Å². The number of ether oxygens (including phenoxy) is 1. The number of methoxy groups -OCH3 is 1. The largest absolute Gasteiger partial charge is 0.467 e. The predicted octanol–water partition coefficient (Wildman–Crippen LogP) is 3.59. The highest BCUT2D eigenvalue weighted by molar-refractivity contribution is 9.10. The molecule has 1 N–H and O–H groups in total. The molecule has 98 valence electrons. The van der Waals surface area contributed by atoms with Crippen LogP contribution in [0.25, 0.3) is 0 Å². The van der Waals surface area contributed by atoms with Gasteiger partial charge in [0.15, 0.2) is 0 Å². The van der Waals surface area contributed by atoms with Gasteiger partial charge in [0, 0.05) is 10.2 Å². The lowest BCUT2D eigenvalue weighted by Crippen LogP contribution is -2.49. The molecule has 18 heavy (non-hydrogen) atoms. The van der Waals surface area contributed by atoms with Gasteiger partial charge < -0.3 is 10.1 Å². The number of hydrogen-bond acceptors (Lipinski definition) is 3. The van der Waals surface area contributed by atoms with Gasteiger partial charge in [-0.15, -0.1) is 0 Å². The van der Waals surface area contributed by atoms with Gasteiger partial charge >= 0.3 is 5.97 Å². The van der Waals surface area contributed by atoms with Crippen LogP contribution in [0.5, 0.6) is 0 Å². The zero-order valence-electron chi connectivity index (χ0n) is 10.7. The van der Waals surface area contributed by atoms with Crippen LogP contribution < -0.4 is 5.32 Å². The first-order valence-electron chi connectivity index (χ1n) is 6.21. The maximum atomic E-state index is 12.2. The minimum absolute atomic E-state index is 0.164. The Morgan fingerprint density at radius 2 is 2.22 bits per heavy atom. The zero-order chi connectivity index (χ0) is 13.2. The molecule has 2 unspecified atom stereocenters. The van der Waals surface area contributed by atoms with Crippen LogP contribution in [0.3, 0.4) is 0 Å². The van der Waals surface area contributed by atoms with E-state index in [1.807, 2.05) is 24.3 Å². The molecular weight excluding hydrogens is 294 g/mol. The van der Waals surface area contributed by atoms with Crippen LogP contribution in [0.15, 0.2) is 28.7 Å². The average Bonchev–Trinajstić information content (AvgIpc) is 2.74. The molecular formula is C14H18BrNO2. The molecule has 0 aliphatic heterocycles. The van der Waals surface area contributed by atoms with Gasteiger partial charge in [-0.3, -0.25) is 0 Å². The van der Waals surface area contributed by atoms with E-state index in [-0.39, 0.29) is 11.9 Å². The van der Waals surface area contributed by atoms with Crippen molar-refractivity contribution in [1.29, 1.82) is 0 Å². The summed E-state index contributed by atoms with van der Waals surface area (Å²) in [6.07, 6.45) is 2.92. The van der Waals surface area contributed by atoms with Crippen LogP contribution in [0.2, 0.25) is 0 Å². The topological polar surface area (TPSA) is 38.3 Å². The molecule has 3 nitrogen and oxygen atoms in total. The molecule has 0 aromatic heterocycles. The van der Waals surface area contributed by atoms with Crippen LogP contribution in [0.1, 0.15) is 26.2 Å². The Bertz CT molecular complexity index is 449. The fourth-order valence-electron chi connectivity index (χ4n) is 2.70. The smallest absolute Gasteiger partial charge is 0.331 e. The number of halogens is 1. The van der Waals surface area contributed by atoms with Crippen LogP contribution in [0.4, 0.5) is 5.69 Å². The van der Waals surface area contributed by atoms with E-state index in [0.717, 1.165) is 29.4 Å². The van der Waals surface area contributed by atoms with Gasteiger partial charge in [-0.1, -0.05) is 25.5 Å². The number of carbonyl (C=O) groups is 1. The van der Waals surface area contributed by atoms with Gasteiger partial charge in [0.05, 0.1) is 7.11 Å². The number of nitrogens with one attached hydrogen (secondary N) is 1. The monoisotopic (exact) mass is 311 g/mol. The number of anilines is 1. The summed E-state index contributed by atoms with van der Waals surface area (Å²) >= 11 is 3.50. The third kappa shape index (κ3) is 2.26. The quantitative estimate of drug-likeness (QED) is 0.867. The highest BCUT2D eigenvalue weighted by Crippen LogP contribution is 2.40. The molecule has 2 rings (SSSR count). The van der Waals surface area contributed by atoms with Gasteiger partial charge in [-0.05, 0) is 46.8 Å². The van der Waals surface area contributed by atoms with E-state index in [1.165, 1.54) is 7.11 Å². The summed E-state index contributed by atoms with van der Waals surface area (Å²) in [6, 6.07) is 7.85. The van der Waals surface area contributed by atoms with E-state index in [1.54, 1.807) is 0 Å². The SMILES string of the molecule is COC(=O)C1(Nc2ccccc2Br)CCCC1C. The molecule has 1 aliphatic carbocycles. The summed E-state index contributed by atoms with van der Waals surface area (Å²) in [5.74, 6) is 0.111. The predicted molar refractivity (Wildman–Crippen MR) is 75.5 cm³/mol. The minimum Gasteiger partial charge on any atom is -0.467 e. The third-order valence-corrected chi connectivity index (χ3v) is 4.52. The van der Waals surface area contributed by atoms with E-state index >= 15 is 0 Å². The summed E-state index contributed by atoms with van der Waals surface area (Å²) in [7, 11) is 1.46. The van der Waals surface area contributed by atoms with Crippen molar-refractivity contribution >= 4 is 27.6 Å². The van der Waals surface area contributed by atoms with Gasteiger partial charge in [0.1, 0.15) is 5.54 Å². The van der Waals surface area contributed by atoms with Crippen molar-refractivity contribution < 1.29 is 9.53 Å². The molecule has 0 bridgehead atoms. The molecule has 0 spiro atoms. The number of benzene rings is 1. The van der Waals surface area contributed by atoms with Crippen LogP contribution in [0, 0.1) is 5.92 Å². The maximum Gasteiger partial charge on any atom is 0.331 e. The zero-order valence-corrected chi connectivity index (χ0v) is 12.3. The molecule has 1 aromatic carbocycles. The van der Waals surface area contributed by atoms with Crippen molar-refractivity contribution in [2.45, 2.75) is 31.7 Å². The number of hydrogen-bond donors (Lipinski definition) is 1. The van der Waals surface area contributed by atoms with E-state index < -0.39 is 5.54 Å². The Labute approximate surface area is 116 Å². The van der Waals surface area contributed by atoms with Crippen molar-refractivity contribution in [2.75, 3.05) is 12.4 Å². The Kier molecular flexibility index (Phi) is 3.95. The second-order valence-electron chi connectivity index (χ2n) is 4.86. The highest BCUT2D eigenvalue weighted by Gasteiger charge is 2.48. The van der Waals surface area contributed by atoms with Crippen molar-refractivity contribution in [1.82, 2.24) is 0 Å². The first-order valence-corrected chi connectivity index (χ1v) is 7.00. The third-order valence-electron chi connectivity index (χ3n) is 3.83. The number of carbonyl (C=O) groups excluding carboxylic acids is 1. The molecule has 0 saturated heterocycles. The first-order chi connectivity index (χ1) is 8.60. The second kappa shape index (κ2) is 5.31. The molecule has 2 atom stereocenters. The standard InChI is InChI=1S/C14H18BrNO2/c1-10-6-5-9-14(10,13(17)18-2)16-12-8-4-3-7-11(12)15/h3-4,7-8,10,16H,5-6,9H2,1-2H3. The van der Waals surface area contributed by atoms with Crippen molar-refractivity contribution in [3.63, 3.8) is 0 Å². The van der Waals surface area contributed by atoms with E-state index in [4.69, 9.17) is 4.74 Å². The molecule has 0 radical (unpaired) electrons. The summed E-state index contributed by atoms with van der Waals surface area (Å²) in [4.78, 5) is 12.2. The Morgan fingerprint density at radius 1 is 1.50 bits per heavy atom.